The quantitative estimate of drug-likeness (QED) is 0.0151. The minimum atomic E-state index is -0.767. The van der Waals surface area contributed by atoms with Crippen molar-refractivity contribution in [1.29, 1.82) is 0 Å². The Morgan fingerprint density at radius 3 is 0.547 bits per heavy atom. The summed E-state index contributed by atoms with van der Waals surface area (Å²) in [4.78, 5) is 171. The topological polar surface area (TPSA) is 379 Å². The summed E-state index contributed by atoms with van der Waals surface area (Å²) < 4.78 is 77.0. The Bertz CT molecular complexity index is 6750. The lowest BCUT2D eigenvalue weighted by Gasteiger charge is -2.20. The van der Waals surface area contributed by atoms with E-state index < -0.39 is 71.6 Å². The Balaban J connectivity index is 0.448. The first kappa shape index (κ1) is 96.4. The van der Waals surface area contributed by atoms with Crippen LogP contribution in [0.1, 0.15) is 171 Å². The Labute approximate surface area is 794 Å². The normalized spacial score (nSPS) is 11.0. The summed E-state index contributed by atoms with van der Waals surface area (Å²) in [6.45, 7) is 10.5. The Kier molecular flexibility index (Phi) is 32.4. The largest absolute Gasteiger partial charge is 0.494 e. The van der Waals surface area contributed by atoms with E-state index in [2.05, 4.69) is 29.0 Å². The number of carbonyl (C=O) groups is 13. The van der Waals surface area contributed by atoms with Crippen molar-refractivity contribution < 1.29 is 129 Å². The van der Waals surface area contributed by atoms with Crippen LogP contribution < -0.4 is 66.5 Å². The second-order valence-electron chi connectivity index (χ2n) is 30.4. The molecule has 14 aromatic rings. The van der Waals surface area contributed by atoms with Crippen LogP contribution in [0.2, 0.25) is 0 Å². The highest BCUT2D eigenvalue weighted by Crippen LogP contribution is 2.31. The van der Waals surface area contributed by atoms with Gasteiger partial charge in [-0.2, -0.15) is 10.2 Å². The molecule has 0 fully saturated rings. The molecule has 696 valence electrons. The first-order valence-electron chi connectivity index (χ1n) is 43.4. The number of esters is 13. The molecule has 0 saturated heterocycles. The van der Waals surface area contributed by atoms with Crippen LogP contribution in [0.25, 0.3) is 0 Å². The zero-order chi connectivity index (χ0) is 97.7. The number of hydrogen-bond acceptors (Lipinski definition) is 30. The smallest absolute Gasteiger partial charge is 0.343 e. The first-order valence-corrected chi connectivity index (χ1v) is 43.4. The minimum absolute atomic E-state index is 0.0897. The summed E-state index contributed by atoms with van der Waals surface area (Å²) in [5.74, 6) is -6.96. The molecule has 0 heterocycles. The molecule has 1 unspecified atom stereocenters. The monoisotopic (exact) mass is 1870 g/mol. The van der Waals surface area contributed by atoms with Crippen molar-refractivity contribution in [3.63, 3.8) is 0 Å². The van der Waals surface area contributed by atoms with Gasteiger partial charge in [-0.25, -0.2) is 57.5 Å². The van der Waals surface area contributed by atoms with Crippen molar-refractivity contribution in [2.45, 2.75) is 47.0 Å². The number of unbranched alkanes of at least 4 members (excludes halogenated alkanes) is 1. The number of hydrogen-bond donors (Lipinski definition) is 0. The predicted molar refractivity (Wildman–Crippen MR) is 503 cm³/mol. The van der Waals surface area contributed by atoms with Gasteiger partial charge in [-0.3, -0.25) is 4.79 Å². The molecule has 0 aliphatic carbocycles. The van der Waals surface area contributed by atoms with E-state index >= 15 is 0 Å². The van der Waals surface area contributed by atoms with E-state index in [0.29, 0.717) is 48.9 Å². The van der Waals surface area contributed by atoms with Crippen LogP contribution in [0.5, 0.6) is 74.7 Å². The number of anilines is 1. The van der Waals surface area contributed by atoms with Gasteiger partial charge in [0.25, 0.3) is 0 Å². The molecule has 0 aromatic heterocycles. The number of nitrogens with zero attached hydrogens (tertiary/aromatic N) is 3. The van der Waals surface area contributed by atoms with E-state index in [1.165, 1.54) is 267 Å². The molecule has 0 aliphatic rings. The zero-order valence-electron chi connectivity index (χ0n) is 74.7. The van der Waals surface area contributed by atoms with Crippen molar-refractivity contribution in [3.8, 4) is 74.7 Å². The summed E-state index contributed by atoms with van der Waals surface area (Å²) >= 11 is 0. The van der Waals surface area contributed by atoms with Crippen LogP contribution in [0.15, 0.2) is 350 Å². The molecular weight excluding hydrogens is 1780 g/mol. The highest BCUT2D eigenvalue weighted by molar-refractivity contribution is 5.99. The molecule has 0 amide bonds. The van der Waals surface area contributed by atoms with Gasteiger partial charge in [0.1, 0.15) is 74.7 Å². The standard InChI is InChI=1S/C109H83N3O27/c1-5-68(4)97(113)127-67-9-8-66-126-84-40-10-69(11-41-84)98(114)128-85-42-12-70(13-43-85)99(115)129-86-44-14-71(15-45-86)100(116)130-87-46-16-72(17-47-87)101(117)131-88-48-18-73(19-49-88)102(118)132-89-50-20-74(21-51-89)103(119)133-90-52-22-75(23-53-90)104(120)134-91-54-24-76(25-55-91)105(121)135-92-56-26-77(27-57-92)106(122)136-93-58-28-78(29-59-93)107(123)137-94-60-30-79(31-61-94)108(124)138-95-62-32-80(33-63-95)109(125)139-96-64-36-82(37-65-96)111-110-81-34-38-83(39-35-81)112(6-2)7-3/h10-65,68H,5-9,66-67H2,1-4H3. The van der Waals surface area contributed by atoms with E-state index in [1.54, 1.807) is 48.5 Å². The summed E-state index contributed by atoms with van der Waals surface area (Å²) in [7, 11) is 0. The Morgan fingerprint density at radius 2 is 0.374 bits per heavy atom. The third-order valence-corrected chi connectivity index (χ3v) is 20.8. The van der Waals surface area contributed by atoms with Gasteiger partial charge in [0.2, 0.25) is 0 Å². The average molecular weight is 1870 g/mol. The maximum absolute atomic E-state index is 13.1. The van der Waals surface area contributed by atoms with Gasteiger partial charge < -0.3 is 71.2 Å². The van der Waals surface area contributed by atoms with Crippen LogP contribution >= 0.6 is 0 Å². The molecule has 139 heavy (non-hydrogen) atoms. The fraction of sp³-hybridized carbons (Fsp3) is 0.110. The van der Waals surface area contributed by atoms with Crippen molar-refractivity contribution in [1.82, 2.24) is 0 Å². The minimum Gasteiger partial charge on any atom is -0.494 e. The van der Waals surface area contributed by atoms with Crippen LogP contribution in [-0.4, -0.2) is 104 Å². The predicted octanol–water partition coefficient (Wildman–Crippen LogP) is 21.3. The van der Waals surface area contributed by atoms with Gasteiger partial charge in [-0.15, -0.1) is 0 Å². The van der Waals surface area contributed by atoms with E-state index in [9.17, 15) is 62.3 Å². The molecule has 0 radical (unpaired) electrons. The van der Waals surface area contributed by atoms with Crippen LogP contribution in [0, 0.1) is 5.92 Å². The SMILES string of the molecule is CCC(C)C(=O)OCCCCOc1ccc(C(=O)Oc2ccc(C(=O)Oc3ccc(C(=O)Oc4ccc(C(=O)Oc5ccc(C(=O)Oc6ccc(C(=O)Oc7ccc(C(=O)Oc8ccc(C(=O)Oc9ccc(C(=O)Oc%10ccc(C(=O)Oc%11ccc(C(=O)Oc%12ccc(C(=O)Oc%13ccc(N=Nc%14ccc(N(CC)CC)cc%14)cc%13)cc%12)cc%11)cc%10)cc9)cc8)cc7)cc6)cc5)cc4)cc3)cc2)cc1. The van der Waals surface area contributed by atoms with E-state index in [4.69, 9.17) is 66.3 Å². The van der Waals surface area contributed by atoms with Crippen molar-refractivity contribution in [3.05, 3.63) is 406 Å². The molecule has 0 N–H and O–H groups in total. The fourth-order valence-electron chi connectivity index (χ4n) is 12.8. The Hall–Kier alpha value is -18.6. The van der Waals surface area contributed by atoms with Crippen LogP contribution in [0.3, 0.4) is 0 Å². The lowest BCUT2D eigenvalue weighted by molar-refractivity contribution is -0.148. The molecule has 14 aromatic carbocycles. The molecule has 0 aliphatic heterocycles. The van der Waals surface area contributed by atoms with Crippen molar-refractivity contribution in [2.75, 3.05) is 31.2 Å². The highest BCUT2D eigenvalue weighted by Gasteiger charge is 2.23. The molecule has 14 rings (SSSR count). The molecular formula is C109H83N3O27. The summed E-state index contributed by atoms with van der Waals surface area (Å²) in [5, 5.41) is 8.58. The van der Waals surface area contributed by atoms with Gasteiger partial charge >= 0.3 is 77.6 Å². The third kappa shape index (κ3) is 27.3. The number of ether oxygens (including phenoxy) is 14. The third-order valence-electron chi connectivity index (χ3n) is 20.8. The second-order valence-corrected chi connectivity index (χ2v) is 30.4. The van der Waals surface area contributed by atoms with E-state index in [0.717, 1.165) is 25.2 Å². The van der Waals surface area contributed by atoms with E-state index in [-0.39, 0.29) is 142 Å². The maximum atomic E-state index is 13.1. The van der Waals surface area contributed by atoms with Crippen molar-refractivity contribution in [2.24, 2.45) is 16.1 Å². The number of carbonyl (C=O) groups excluding carboxylic acids is 13. The fourth-order valence-corrected chi connectivity index (χ4v) is 12.8. The number of azo groups is 1. The lowest BCUT2D eigenvalue weighted by atomic mass is 10.1. The molecule has 0 bridgehead atoms. The average Bonchev–Trinajstić information content (AvgIpc) is 0.855. The zero-order valence-corrected chi connectivity index (χ0v) is 74.7. The number of rotatable bonds is 37. The van der Waals surface area contributed by atoms with Gasteiger partial charge in [-0.1, -0.05) is 13.8 Å². The summed E-state index contributed by atoms with van der Waals surface area (Å²) in [5.41, 5.74) is 4.01. The molecule has 0 spiro atoms. The van der Waals surface area contributed by atoms with Gasteiger partial charge in [0, 0.05) is 18.8 Å². The molecule has 30 heteroatoms. The summed E-state index contributed by atoms with van der Waals surface area (Å²) in [6.07, 6.45) is 2.05. The molecule has 30 nitrogen and oxygen atoms in total. The van der Waals surface area contributed by atoms with Crippen LogP contribution in [-0.2, 0) is 9.53 Å². The lowest BCUT2D eigenvalue weighted by Crippen LogP contribution is -2.21. The second kappa shape index (κ2) is 46.7. The van der Waals surface area contributed by atoms with Gasteiger partial charge in [-0.05, 0) is 373 Å². The van der Waals surface area contributed by atoms with Gasteiger partial charge in [0.05, 0.1) is 97.3 Å². The van der Waals surface area contributed by atoms with Gasteiger partial charge in [0.15, 0.2) is 0 Å². The van der Waals surface area contributed by atoms with Crippen molar-refractivity contribution >= 4 is 94.7 Å². The Morgan fingerprint density at radius 1 is 0.216 bits per heavy atom. The van der Waals surface area contributed by atoms with E-state index in [1.807, 2.05) is 38.1 Å². The molecule has 1 atom stereocenters. The molecule has 0 saturated carbocycles. The van der Waals surface area contributed by atoms with Crippen LogP contribution in [0.4, 0.5) is 17.1 Å². The maximum Gasteiger partial charge on any atom is 0.343 e. The highest BCUT2D eigenvalue weighted by atomic mass is 16.6. The summed E-state index contributed by atoms with van der Waals surface area (Å²) in [6, 6.07) is 82.3. The first-order chi connectivity index (χ1) is 67.4. The number of benzene rings is 14.